The third-order valence-corrected chi connectivity index (χ3v) is 13.5. The van der Waals surface area contributed by atoms with Gasteiger partial charge in [-0.2, -0.15) is 8.42 Å². The first kappa shape index (κ1) is 50.6. The summed E-state index contributed by atoms with van der Waals surface area (Å²) in [6.45, 7) is 7.97. The zero-order chi connectivity index (χ0) is 49.4. The lowest BCUT2D eigenvalue weighted by Gasteiger charge is -2.67. The van der Waals surface area contributed by atoms with Crippen LogP contribution in [0.2, 0.25) is 0 Å². The molecule has 5 N–H and O–H groups in total. The fraction of sp³-hybridized carbons (Fsp3) is 0.458. The molecule has 0 unspecified atom stereocenters. The van der Waals surface area contributed by atoms with Gasteiger partial charge in [0.15, 0.2) is 23.6 Å². The number of amides is 1. The van der Waals surface area contributed by atoms with Crippen molar-refractivity contribution in [1.82, 2.24) is 5.32 Å². The summed E-state index contributed by atoms with van der Waals surface area (Å²) in [6, 6.07) is 22.9. The van der Waals surface area contributed by atoms with Crippen molar-refractivity contribution in [3.63, 3.8) is 0 Å². The predicted molar refractivity (Wildman–Crippen MR) is 235 cm³/mol. The molecule has 1 amide bonds. The van der Waals surface area contributed by atoms with Crippen LogP contribution in [0.5, 0.6) is 0 Å². The minimum absolute atomic E-state index is 0.00289. The van der Waals surface area contributed by atoms with Crippen molar-refractivity contribution in [2.24, 2.45) is 16.7 Å². The van der Waals surface area contributed by atoms with E-state index in [0.29, 0.717) is 11.8 Å². The van der Waals surface area contributed by atoms with Gasteiger partial charge >= 0.3 is 23.9 Å². The van der Waals surface area contributed by atoms with E-state index in [2.05, 4.69) is 5.32 Å². The Labute approximate surface area is 387 Å². The second-order valence-corrected chi connectivity index (χ2v) is 19.6. The van der Waals surface area contributed by atoms with Gasteiger partial charge in [-0.3, -0.25) is 23.7 Å². The maximum atomic E-state index is 15.5. The molecule has 360 valence electrons. The molecule has 67 heavy (non-hydrogen) atoms. The van der Waals surface area contributed by atoms with Crippen LogP contribution < -0.4 is 5.32 Å². The van der Waals surface area contributed by atoms with Crippen molar-refractivity contribution in [2.45, 2.75) is 108 Å². The Hall–Kier alpha value is -5.83. The number of benzene rings is 3. The maximum absolute atomic E-state index is 15.5. The minimum Gasteiger partial charge on any atom is -0.456 e. The van der Waals surface area contributed by atoms with Crippen molar-refractivity contribution in [2.75, 3.05) is 12.9 Å². The highest BCUT2D eigenvalue weighted by Gasteiger charge is 2.78. The van der Waals surface area contributed by atoms with Gasteiger partial charge in [0.2, 0.25) is 0 Å². The average molecular weight is 950 g/mol. The number of ketones is 1. The number of nitrogens with one attached hydrogen (secondary N) is 1. The molecule has 4 aliphatic rings. The second-order valence-electron chi connectivity index (χ2n) is 18.1. The van der Waals surface area contributed by atoms with Crippen LogP contribution in [0.1, 0.15) is 86.7 Å². The highest BCUT2D eigenvalue weighted by Crippen LogP contribution is 2.64. The number of carbonyl (C=O) groups is 6. The van der Waals surface area contributed by atoms with E-state index in [-0.39, 0.29) is 35.3 Å². The summed E-state index contributed by atoms with van der Waals surface area (Å²) in [6.07, 6.45) is -9.80. The average Bonchev–Trinajstić information content (AvgIpc) is 3.26. The Balaban J connectivity index is 0.00000141. The predicted octanol–water partition coefficient (Wildman–Crippen LogP) is 3.24. The SMILES string of the molecule is CC(=O)O[C@H]1C(=O)[C@@]2(C)[C@H]([C@H](OC(=O)c3ccccc3)[C@]3(O)C[C@H](OC(=O)[C@H](O)[C@@H](NC(=O)c4ccccc4)c4ccccc4)C(C)=C1C3(C)C)[C@]1(OC(C)=O)CO[C@@H]1C[C@@H]2O.CS(=O)(=O)O. The maximum Gasteiger partial charge on any atom is 0.338 e. The van der Waals surface area contributed by atoms with Crippen LogP contribution in [0.25, 0.3) is 0 Å². The smallest absolute Gasteiger partial charge is 0.338 e. The number of esters is 4. The van der Waals surface area contributed by atoms with Crippen LogP contribution in [-0.2, 0) is 53.0 Å². The monoisotopic (exact) mass is 949 g/mol. The van der Waals surface area contributed by atoms with Crippen molar-refractivity contribution in [3.05, 3.63) is 119 Å². The van der Waals surface area contributed by atoms with Crippen LogP contribution in [0, 0.1) is 16.7 Å². The first-order chi connectivity index (χ1) is 31.3. The topological polar surface area (TPSA) is 276 Å². The molecule has 2 bridgehead atoms. The molecule has 0 aromatic heterocycles. The van der Waals surface area contributed by atoms with Gasteiger partial charge in [0.25, 0.3) is 16.0 Å². The quantitative estimate of drug-likeness (QED) is 0.0844. The van der Waals surface area contributed by atoms with Crippen molar-refractivity contribution >= 4 is 45.7 Å². The molecule has 19 heteroatoms. The summed E-state index contributed by atoms with van der Waals surface area (Å²) in [4.78, 5) is 83.5. The van der Waals surface area contributed by atoms with Crippen molar-refractivity contribution < 1.29 is 80.7 Å². The Morgan fingerprint density at radius 1 is 0.836 bits per heavy atom. The molecule has 11 atom stereocenters. The van der Waals surface area contributed by atoms with E-state index in [4.69, 9.17) is 28.2 Å². The Morgan fingerprint density at radius 2 is 1.37 bits per heavy atom. The van der Waals surface area contributed by atoms with Crippen molar-refractivity contribution in [1.29, 1.82) is 0 Å². The molecule has 0 radical (unpaired) electrons. The molecular formula is C48H55NO17S. The van der Waals surface area contributed by atoms with Gasteiger partial charge in [0.1, 0.15) is 23.9 Å². The molecule has 2 saturated carbocycles. The Kier molecular flexibility index (Phi) is 14.4. The van der Waals surface area contributed by atoms with E-state index < -0.39 is 123 Å². The molecule has 3 aromatic carbocycles. The summed E-state index contributed by atoms with van der Waals surface area (Å²) in [7, 11) is -3.67. The van der Waals surface area contributed by atoms with Gasteiger partial charge in [0.05, 0.1) is 41.9 Å². The Bertz CT molecular complexity index is 2530. The number of hydrogen-bond acceptors (Lipinski definition) is 16. The van der Waals surface area contributed by atoms with Crippen LogP contribution in [-0.4, -0.2) is 125 Å². The van der Waals surface area contributed by atoms with Gasteiger partial charge in [0, 0.05) is 37.7 Å². The summed E-state index contributed by atoms with van der Waals surface area (Å²) in [5.41, 5.74) is -7.02. The number of Topliss-reactive ketones (excluding diaryl/α,β-unsaturated/α-hetero) is 1. The number of hydrogen-bond donors (Lipinski definition) is 5. The highest BCUT2D eigenvalue weighted by molar-refractivity contribution is 7.85. The minimum atomic E-state index is -3.67. The van der Waals surface area contributed by atoms with Crippen LogP contribution >= 0.6 is 0 Å². The molecule has 0 spiro atoms. The van der Waals surface area contributed by atoms with Crippen molar-refractivity contribution in [3.8, 4) is 0 Å². The normalized spacial score (nSPS) is 30.3. The lowest BCUT2D eigenvalue weighted by Crippen LogP contribution is -2.82. The van der Waals surface area contributed by atoms with Crippen LogP contribution in [0.3, 0.4) is 0 Å². The molecule has 1 heterocycles. The summed E-state index contributed by atoms with van der Waals surface area (Å²) in [5, 5.41) is 40.2. The molecule has 1 saturated heterocycles. The van der Waals surface area contributed by atoms with E-state index in [0.717, 1.165) is 13.8 Å². The molecule has 7 rings (SSSR count). The van der Waals surface area contributed by atoms with E-state index in [1.54, 1.807) is 92.7 Å². The number of carbonyl (C=O) groups excluding carboxylic acids is 6. The fourth-order valence-corrected chi connectivity index (χ4v) is 10.2. The Morgan fingerprint density at radius 3 is 1.88 bits per heavy atom. The van der Waals surface area contributed by atoms with Gasteiger partial charge in [-0.05, 0) is 54.8 Å². The zero-order valence-corrected chi connectivity index (χ0v) is 38.7. The summed E-state index contributed by atoms with van der Waals surface area (Å²) < 4.78 is 56.1. The van der Waals surface area contributed by atoms with E-state index >= 15 is 4.79 Å². The van der Waals surface area contributed by atoms with Gasteiger partial charge < -0.3 is 44.3 Å². The molecule has 3 aliphatic carbocycles. The standard InChI is InChI=1S/C47H51NO14.CH4O3S/c1-25-31(60-43(56)36(52)35(28-16-10-7-11-17-28)48-41(54)29-18-12-8-13-19-29)23-47(57)40(61-42(55)30-20-14-9-15-21-30)38-45(6,32(51)22-33-46(38,24-58-33)62-27(3)50)39(53)37(59-26(2)49)34(25)44(47,4)5;1-5(2,3)4/h7-21,31-33,35-38,40,51-52,57H,22-24H2,1-6H3,(H,48,54);1H3,(H,2,3,4)/t31-,32-,33+,35-,36+,37+,38-,40-,45+,46-,47+;/m0./s1. The lowest BCUT2D eigenvalue weighted by atomic mass is 9.44. The van der Waals surface area contributed by atoms with Crippen LogP contribution in [0.4, 0.5) is 0 Å². The molecule has 3 fully saturated rings. The summed E-state index contributed by atoms with van der Waals surface area (Å²) in [5.74, 6) is -6.84. The molecule has 1 aliphatic heterocycles. The first-order valence-corrected chi connectivity index (χ1v) is 23.2. The number of ether oxygens (including phenoxy) is 5. The van der Waals surface area contributed by atoms with E-state index in [1.807, 2.05) is 0 Å². The fourth-order valence-electron chi connectivity index (χ4n) is 10.2. The number of rotatable bonds is 10. The number of aliphatic hydroxyl groups excluding tert-OH is 2. The molecule has 3 aromatic rings. The second kappa shape index (κ2) is 19.0. The van der Waals surface area contributed by atoms with Crippen LogP contribution in [0.15, 0.2) is 102 Å². The third kappa shape index (κ3) is 9.66. The molecule has 18 nitrogen and oxygen atoms in total. The largest absolute Gasteiger partial charge is 0.456 e. The zero-order valence-electron chi connectivity index (χ0n) is 37.9. The van der Waals surface area contributed by atoms with Gasteiger partial charge in [-0.15, -0.1) is 0 Å². The van der Waals surface area contributed by atoms with Gasteiger partial charge in [-0.1, -0.05) is 80.6 Å². The van der Waals surface area contributed by atoms with E-state index in [9.17, 15) is 47.7 Å². The number of fused-ring (bicyclic) bond motifs is 5. The first-order valence-electron chi connectivity index (χ1n) is 21.4. The molecular weight excluding hydrogens is 895 g/mol. The van der Waals surface area contributed by atoms with E-state index in [1.165, 1.54) is 26.0 Å². The van der Waals surface area contributed by atoms with Gasteiger partial charge in [-0.25, -0.2) is 9.59 Å². The highest BCUT2D eigenvalue weighted by atomic mass is 32.2. The number of aliphatic hydroxyl groups is 3. The summed E-state index contributed by atoms with van der Waals surface area (Å²) >= 11 is 0. The lowest BCUT2D eigenvalue weighted by molar-refractivity contribution is -0.346. The third-order valence-electron chi connectivity index (χ3n) is 13.5.